The summed E-state index contributed by atoms with van der Waals surface area (Å²) < 4.78 is 0. The molecule has 0 spiro atoms. The second kappa shape index (κ2) is 6.45. The molecule has 2 N–H and O–H groups in total. The van der Waals surface area contributed by atoms with Gasteiger partial charge in [0.15, 0.2) is 0 Å². The maximum Gasteiger partial charge on any atom is 0.226 e. The van der Waals surface area contributed by atoms with Crippen LogP contribution in [-0.4, -0.2) is 17.4 Å². The third-order valence-electron chi connectivity index (χ3n) is 5.29. The fourth-order valence-electron chi connectivity index (χ4n) is 3.80. The van der Waals surface area contributed by atoms with Crippen LogP contribution in [0.25, 0.3) is 10.9 Å². The monoisotopic (exact) mass is 309 g/mol. The Bertz CT molecular complexity index is 756. The van der Waals surface area contributed by atoms with E-state index in [-0.39, 0.29) is 11.3 Å². The molecule has 1 aliphatic heterocycles. The van der Waals surface area contributed by atoms with Crippen LogP contribution >= 0.6 is 0 Å². The summed E-state index contributed by atoms with van der Waals surface area (Å²) in [5, 5.41) is 13.3. The van der Waals surface area contributed by atoms with Gasteiger partial charge in [-0.25, -0.2) is 0 Å². The number of aromatic nitrogens is 1. The Morgan fingerprint density at radius 2 is 2.17 bits per heavy atom. The van der Waals surface area contributed by atoms with Gasteiger partial charge in [0, 0.05) is 28.6 Å². The smallest absolute Gasteiger partial charge is 0.226 e. The number of benzene rings is 1. The van der Waals surface area contributed by atoms with Gasteiger partial charge in [0.1, 0.15) is 0 Å². The summed E-state index contributed by atoms with van der Waals surface area (Å²) in [4.78, 5) is 15.8. The molecular formula is C19H23N3O. The summed E-state index contributed by atoms with van der Waals surface area (Å²) >= 11 is 0. The molecule has 120 valence electrons. The highest BCUT2D eigenvalue weighted by Crippen LogP contribution is 2.37. The summed E-state index contributed by atoms with van der Waals surface area (Å²) in [5.41, 5.74) is 3.02. The molecule has 1 atom stereocenters. The van der Waals surface area contributed by atoms with Crippen LogP contribution in [0.5, 0.6) is 0 Å². The van der Waals surface area contributed by atoms with Crippen LogP contribution in [0, 0.1) is 16.7 Å². The van der Waals surface area contributed by atoms with Crippen molar-refractivity contribution in [3.63, 3.8) is 0 Å². The lowest BCUT2D eigenvalue weighted by Gasteiger charge is -2.35. The Morgan fingerprint density at radius 3 is 2.91 bits per heavy atom. The maximum absolute atomic E-state index is 12.4. The number of aromatic amines is 1. The number of hydrogen-bond acceptors (Lipinski definition) is 2. The second-order valence-electron chi connectivity index (χ2n) is 6.46. The predicted octanol–water partition coefficient (Wildman–Crippen LogP) is 3.47. The number of carbonyl (C=O) groups is 1. The van der Waals surface area contributed by atoms with Gasteiger partial charge in [-0.2, -0.15) is 5.26 Å². The minimum atomic E-state index is -0.251. The van der Waals surface area contributed by atoms with Gasteiger partial charge in [0.05, 0.1) is 12.5 Å². The number of nitriles is 1. The topological polar surface area (TPSA) is 68.7 Å². The number of fused-ring (bicyclic) bond motifs is 1. The average Bonchev–Trinajstić information content (AvgIpc) is 2.93. The van der Waals surface area contributed by atoms with Gasteiger partial charge in [0.25, 0.3) is 0 Å². The standard InChI is InChI=1S/C19H23N3O/c1-2-19(10-5-13-21-18(19)23)11-8-17-15(9-12-20)14-6-3-4-7-16(14)22-17/h3-4,6-7,22H,2,5,8-11,13H2,1H3,(H,21,23). The van der Waals surface area contributed by atoms with Crippen LogP contribution in [0.3, 0.4) is 0 Å². The molecule has 4 nitrogen and oxygen atoms in total. The first-order chi connectivity index (χ1) is 11.2. The molecule has 2 aromatic rings. The van der Waals surface area contributed by atoms with Crippen LogP contribution in [0.1, 0.15) is 43.9 Å². The molecule has 1 aromatic heterocycles. The summed E-state index contributed by atoms with van der Waals surface area (Å²) in [5.74, 6) is 0.198. The molecule has 0 aliphatic carbocycles. The van der Waals surface area contributed by atoms with Gasteiger partial charge < -0.3 is 10.3 Å². The summed E-state index contributed by atoms with van der Waals surface area (Å²) in [6.45, 7) is 2.90. The molecule has 1 saturated heterocycles. The summed E-state index contributed by atoms with van der Waals surface area (Å²) in [6, 6.07) is 10.4. The maximum atomic E-state index is 12.4. The van der Waals surface area contributed by atoms with Crippen LogP contribution in [0.15, 0.2) is 24.3 Å². The van der Waals surface area contributed by atoms with Gasteiger partial charge in [-0.05, 0) is 43.7 Å². The van der Waals surface area contributed by atoms with Crippen molar-refractivity contribution in [2.24, 2.45) is 5.41 Å². The van der Waals surface area contributed by atoms with Crippen molar-refractivity contribution in [1.82, 2.24) is 10.3 Å². The number of nitrogens with one attached hydrogen (secondary N) is 2. The molecule has 1 aliphatic rings. The van der Waals surface area contributed by atoms with Crippen LogP contribution in [0.2, 0.25) is 0 Å². The molecule has 0 radical (unpaired) electrons. The molecule has 1 amide bonds. The highest BCUT2D eigenvalue weighted by molar-refractivity contribution is 5.85. The summed E-state index contributed by atoms with van der Waals surface area (Å²) in [6.07, 6.45) is 4.94. The van der Waals surface area contributed by atoms with E-state index in [1.54, 1.807) is 0 Å². The third-order valence-corrected chi connectivity index (χ3v) is 5.29. The molecule has 23 heavy (non-hydrogen) atoms. The van der Waals surface area contributed by atoms with Gasteiger partial charge in [0.2, 0.25) is 5.91 Å². The van der Waals surface area contributed by atoms with Crippen molar-refractivity contribution >= 4 is 16.8 Å². The first-order valence-electron chi connectivity index (χ1n) is 8.44. The lowest BCUT2D eigenvalue weighted by Crippen LogP contribution is -2.45. The van der Waals surface area contributed by atoms with Crippen LogP contribution < -0.4 is 5.32 Å². The van der Waals surface area contributed by atoms with Gasteiger partial charge in [-0.1, -0.05) is 25.1 Å². The molecule has 3 rings (SSSR count). The Balaban J connectivity index is 1.88. The molecule has 2 heterocycles. The quantitative estimate of drug-likeness (QED) is 0.888. The number of nitrogens with zero attached hydrogens (tertiary/aromatic N) is 1. The molecule has 1 aromatic carbocycles. The van der Waals surface area contributed by atoms with E-state index in [1.165, 1.54) is 0 Å². The van der Waals surface area contributed by atoms with E-state index in [0.29, 0.717) is 6.42 Å². The van der Waals surface area contributed by atoms with E-state index in [2.05, 4.69) is 29.4 Å². The number of hydrogen-bond donors (Lipinski definition) is 2. The van der Waals surface area contributed by atoms with Crippen molar-refractivity contribution in [3.05, 3.63) is 35.5 Å². The van der Waals surface area contributed by atoms with E-state index < -0.39 is 0 Å². The number of para-hydroxylation sites is 1. The molecular weight excluding hydrogens is 286 g/mol. The molecule has 1 fully saturated rings. The largest absolute Gasteiger partial charge is 0.358 e. The van der Waals surface area contributed by atoms with Crippen LogP contribution in [0.4, 0.5) is 0 Å². The van der Waals surface area contributed by atoms with Crippen molar-refractivity contribution in [3.8, 4) is 6.07 Å². The SMILES string of the molecule is CCC1(CCc2[nH]c3ccccc3c2CC#N)CCCNC1=O. The number of H-pyrrole nitrogens is 1. The van der Waals surface area contributed by atoms with E-state index in [1.807, 2.05) is 18.2 Å². The van der Waals surface area contributed by atoms with E-state index in [9.17, 15) is 4.79 Å². The number of aryl methyl sites for hydroxylation is 1. The zero-order valence-corrected chi connectivity index (χ0v) is 13.6. The lowest BCUT2D eigenvalue weighted by molar-refractivity contribution is -0.134. The Labute approximate surface area is 136 Å². The second-order valence-corrected chi connectivity index (χ2v) is 6.46. The highest BCUT2D eigenvalue weighted by Gasteiger charge is 2.38. The number of carbonyl (C=O) groups excluding carboxylic acids is 1. The van der Waals surface area contributed by atoms with Gasteiger partial charge >= 0.3 is 0 Å². The Kier molecular flexibility index (Phi) is 4.38. The summed E-state index contributed by atoms with van der Waals surface area (Å²) in [7, 11) is 0. The zero-order valence-electron chi connectivity index (χ0n) is 13.6. The fraction of sp³-hybridized carbons (Fsp3) is 0.474. The van der Waals surface area contributed by atoms with Gasteiger partial charge in [-0.15, -0.1) is 0 Å². The van der Waals surface area contributed by atoms with Crippen molar-refractivity contribution in [2.75, 3.05) is 6.54 Å². The third kappa shape index (κ3) is 2.84. The van der Waals surface area contributed by atoms with Crippen LogP contribution in [-0.2, 0) is 17.6 Å². The molecule has 0 bridgehead atoms. The van der Waals surface area contributed by atoms with E-state index >= 15 is 0 Å². The first-order valence-corrected chi connectivity index (χ1v) is 8.44. The molecule has 0 saturated carbocycles. The highest BCUT2D eigenvalue weighted by atomic mass is 16.2. The fourth-order valence-corrected chi connectivity index (χ4v) is 3.80. The minimum Gasteiger partial charge on any atom is -0.358 e. The first kappa shape index (κ1) is 15.6. The van der Waals surface area contributed by atoms with Crippen molar-refractivity contribution in [2.45, 2.75) is 45.4 Å². The number of amides is 1. The minimum absolute atomic E-state index is 0.198. The number of piperidine rings is 1. The zero-order chi connectivity index (χ0) is 16.3. The van der Waals surface area contributed by atoms with Gasteiger partial charge in [-0.3, -0.25) is 4.79 Å². The average molecular weight is 309 g/mol. The van der Waals surface area contributed by atoms with Crippen molar-refractivity contribution < 1.29 is 4.79 Å². The van der Waals surface area contributed by atoms with Crippen molar-refractivity contribution in [1.29, 1.82) is 5.26 Å². The molecule has 4 heteroatoms. The predicted molar refractivity (Wildman–Crippen MR) is 90.9 cm³/mol. The lowest BCUT2D eigenvalue weighted by atomic mass is 9.73. The normalized spacial score (nSPS) is 21.1. The Hall–Kier alpha value is -2.28. The van der Waals surface area contributed by atoms with E-state index in [0.717, 1.165) is 60.8 Å². The molecule has 1 unspecified atom stereocenters. The Morgan fingerprint density at radius 1 is 1.35 bits per heavy atom. The number of rotatable bonds is 5. The van der Waals surface area contributed by atoms with E-state index in [4.69, 9.17) is 5.26 Å².